The van der Waals surface area contributed by atoms with Crippen molar-refractivity contribution in [1.82, 2.24) is 24.3 Å². The molecule has 0 spiro atoms. The minimum absolute atomic E-state index is 0.103. The Bertz CT molecular complexity index is 1350. The number of halogens is 2. The van der Waals surface area contributed by atoms with E-state index in [1.165, 1.54) is 12.4 Å². The molecule has 6 rings (SSSR count). The number of sulfonamides is 1. The van der Waals surface area contributed by atoms with Crippen molar-refractivity contribution < 1.29 is 21.9 Å². The van der Waals surface area contributed by atoms with E-state index in [0.717, 1.165) is 50.3 Å². The van der Waals surface area contributed by atoms with Gasteiger partial charge in [-0.25, -0.2) is 26.9 Å². The second-order valence-corrected chi connectivity index (χ2v) is 12.3. The fourth-order valence-electron chi connectivity index (χ4n) is 4.76. The number of fused-ring (bicyclic) bond motifs is 2. The number of alkyl halides is 2. The summed E-state index contributed by atoms with van der Waals surface area (Å²) in [7, 11) is -3.81. The first-order valence-corrected chi connectivity index (χ1v) is 13.5. The highest BCUT2D eigenvalue weighted by atomic mass is 32.2. The van der Waals surface area contributed by atoms with E-state index >= 15 is 0 Å². The van der Waals surface area contributed by atoms with Crippen LogP contribution >= 0.6 is 11.3 Å². The van der Waals surface area contributed by atoms with Crippen molar-refractivity contribution in [1.29, 1.82) is 0 Å². The van der Waals surface area contributed by atoms with E-state index in [4.69, 9.17) is 4.74 Å². The van der Waals surface area contributed by atoms with Gasteiger partial charge in [0, 0.05) is 37.4 Å². The van der Waals surface area contributed by atoms with E-state index in [1.54, 1.807) is 10.5 Å². The van der Waals surface area contributed by atoms with Crippen molar-refractivity contribution in [2.24, 2.45) is 11.8 Å². The van der Waals surface area contributed by atoms with Crippen LogP contribution in [0.25, 0.3) is 16.3 Å². The Labute approximate surface area is 199 Å². The zero-order valence-electron chi connectivity index (χ0n) is 18.4. The van der Waals surface area contributed by atoms with E-state index in [2.05, 4.69) is 24.8 Å². The van der Waals surface area contributed by atoms with Crippen LogP contribution in [0.2, 0.25) is 0 Å². The number of rotatable bonds is 6. The third-order valence-electron chi connectivity index (χ3n) is 6.99. The van der Waals surface area contributed by atoms with Gasteiger partial charge in [-0.05, 0) is 38.2 Å². The number of hydrogen-bond acceptors (Lipinski definition) is 8. The summed E-state index contributed by atoms with van der Waals surface area (Å²) in [5.74, 6) is 0.892. The van der Waals surface area contributed by atoms with Crippen LogP contribution in [-0.2, 0) is 14.8 Å². The van der Waals surface area contributed by atoms with Gasteiger partial charge in [0.05, 0.1) is 18.5 Å². The first-order chi connectivity index (χ1) is 16.2. The number of ether oxygens (including phenoxy) is 1. The van der Waals surface area contributed by atoms with Crippen LogP contribution in [-0.4, -0.2) is 59.8 Å². The number of hydrogen-bond donors (Lipinski definition) is 1. The standard InChI is InChI=1S/C21H24F2N6O3S2/c1-21(3-4-21)27-34(30,31)14-6-15(28-5-2-12-10-32-11-13(12)8-28)18-24-7-16(29(18)9-14)19-25-26-20(33-19)17(22)23/h6-7,9,12-13,17,27H,2-5,8,10-11H2,1H3/t12-,13?/m0/s1. The second kappa shape index (κ2) is 7.90. The Morgan fingerprint density at radius 3 is 2.79 bits per heavy atom. The number of aromatic nitrogens is 4. The Kier molecular flexibility index (Phi) is 5.17. The maximum atomic E-state index is 13.3. The van der Waals surface area contributed by atoms with Crippen molar-refractivity contribution in [3.8, 4) is 10.7 Å². The zero-order chi connectivity index (χ0) is 23.7. The first kappa shape index (κ1) is 22.3. The molecule has 13 heteroatoms. The molecule has 3 fully saturated rings. The molecule has 5 heterocycles. The summed E-state index contributed by atoms with van der Waals surface area (Å²) in [5, 5.41) is 7.36. The first-order valence-electron chi connectivity index (χ1n) is 11.2. The minimum Gasteiger partial charge on any atom is -0.381 e. The maximum absolute atomic E-state index is 13.3. The van der Waals surface area contributed by atoms with E-state index in [0.29, 0.717) is 35.5 Å². The molecule has 2 atom stereocenters. The summed E-state index contributed by atoms with van der Waals surface area (Å²) in [6.07, 6.45) is 2.82. The Morgan fingerprint density at radius 1 is 1.26 bits per heavy atom. The molecule has 3 aromatic heterocycles. The molecule has 1 saturated carbocycles. The molecule has 2 saturated heterocycles. The van der Waals surface area contributed by atoms with Crippen LogP contribution in [0.1, 0.15) is 37.6 Å². The molecule has 182 valence electrons. The largest absolute Gasteiger partial charge is 0.381 e. The highest BCUT2D eigenvalue weighted by molar-refractivity contribution is 7.89. The molecule has 3 aromatic rings. The van der Waals surface area contributed by atoms with Gasteiger partial charge in [-0.3, -0.25) is 4.40 Å². The normalized spacial score (nSPS) is 24.2. The molecule has 2 aliphatic heterocycles. The third-order valence-corrected chi connectivity index (χ3v) is 9.55. The molecule has 1 N–H and O–H groups in total. The van der Waals surface area contributed by atoms with E-state index in [1.807, 2.05) is 6.92 Å². The summed E-state index contributed by atoms with van der Waals surface area (Å²) < 4.78 is 62.9. The summed E-state index contributed by atoms with van der Waals surface area (Å²) >= 11 is 0.773. The predicted molar refractivity (Wildman–Crippen MR) is 122 cm³/mol. The van der Waals surface area contributed by atoms with Crippen LogP contribution < -0.4 is 9.62 Å². The summed E-state index contributed by atoms with van der Waals surface area (Å²) in [4.78, 5) is 6.81. The molecule has 34 heavy (non-hydrogen) atoms. The summed E-state index contributed by atoms with van der Waals surface area (Å²) in [6.45, 7) is 4.83. The van der Waals surface area contributed by atoms with Gasteiger partial charge in [-0.15, -0.1) is 10.2 Å². The van der Waals surface area contributed by atoms with Gasteiger partial charge in [0.25, 0.3) is 6.43 Å². The molecule has 1 unspecified atom stereocenters. The summed E-state index contributed by atoms with van der Waals surface area (Å²) in [5.41, 5.74) is 1.24. The van der Waals surface area contributed by atoms with E-state index < -0.39 is 22.0 Å². The van der Waals surface area contributed by atoms with Crippen molar-refractivity contribution in [2.45, 2.75) is 43.0 Å². The highest BCUT2D eigenvalue weighted by Gasteiger charge is 2.42. The van der Waals surface area contributed by atoms with E-state index in [9.17, 15) is 17.2 Å². The molecule has 0 aromatic carbocycles. The highest BCUT2D eigenvalue weighted by Crippen LogP contribution is 2.39. The molecule has 0 radical (unpaired) electrons. The Balaban J connectivity index is 1.47. The van der Waals surface area contributed by atoms with Gasteiger partial charge in [0.15, 0.2) is 15.7 Å². The van der Waals surface area contributed by atoms with Gasteiger partial charge < -0.3 is 9.64 Å². The monoisotopic (exact) mass is 510 g/mol. The number of nitrogens with one attached hydrogen (secondary N) is 1. The van der Waals surface area contributed by atoms with Crippen molar-refractivity contribution in [3.63, 3.8) is 0 Å². The number of pyridine rings is 1. The van der Waals surface area contributed by atoms with Gasteiger partial charge in [-0.2, -0.15) is 0 Å². The van der Waals surface area contributed by atoms with Gasteiger partial charge in [0.2, 0.25) is 10.0 Å². The second-order valence-electron chi connectivity index (χ2n) is 9.60. The van der Waals surface area contributed by atoms with Crippen LogP contribution in [0.5, 0.6) is 0 Å². The lowest BCUT2D eigenvalue weighted by molar-refractivity contribution is 0.150. The van der Waals surface area contributed by atoms with Crippen molar-refractivity contribution >= 4 is 32.7 Å². The topological polar surface area (TPSA) is 102 Å². The van der Waals surface area contributed by atoms with Gasteiger partial charge in [0.1, 0.15) is 10.6 Å². The van der Waals surface area contributed by atoms with Crippen LogP contribution in [0.4, 0.5) is 14.5 Å². The molecule has 3 aliphatic rings. The lowest BCUT2D eigenvalue weighted by Crippen LogP contribution is -2.40. The summed E-state index contributed by atoms with van der Waals surface area (Å²) in [6, 6.07) is 1.67. The molecular weight excluding hydrogens is 486 g/mol. The quantitative estimate of drug-likeness (QED) is 0.544. The van der Waals surface area contributed by atoms with Gasteiger partial charge >= 0.3 is 0 Å². The smallest absolute Gasteiger partial charge is 0.291 e. The Morgan fingerprint density at radius 2 is 2.06 bits per heavy atom. The van der Waals surface area contributed by atoms with Gasteiger partial charge in [-0.1, -0.05) is 11.3 Å². The zero-order valence-corrected chi connectivity index (χ0v) is 20.1. The van der Waals surface area contributed by atoms with Crippen LogP contribution in [0.15, 0.2) is 23.4 Å². The molecule has 0 amide bonds. The molecular formula is C21H24F2N6O3S2. The number of anilines is 1. The SMILES string of the molecule is CC1(NS(=O)(=O)c2cc(N3CC[C@H]4COCC4C3)c3ncc(-c4nnc(C(F)F)s4)n3c2)CC1. The van der Waals surface area contributed by atoms with Crippen molar-refractivity contribution in [3.05, 3.63) is 23.5 Å². The third kappa shape index (κ3) is 3.88. The fraction of sp³-hybridized carbons (Fsp3) is 0.571. The maximum Gasteiger partial charge on any atom is 0.291 e. The number of nitrogens with zero attached hydrogens (tertiary/aromatic N) is 5. The number of piperidine rings is 1. The van der Waals surface area contributed by atoms with Crippen LogP contribution in [0, 0.1) is 11.8 Å². The average Bonchev–Trinajstić information content (AvgIpc) is 3.25. The predicted octanol–water partition coefficient (Wildman–Crippen LogP) is 3.09. The van der Waals surface area contributed by atoms with E-state index in [-0.39, 0.29) is 14.9 Å². The van der Waals surface area contributed by atoms with Crippen molar-refractivity contribution in [2.75, 3.05) is 31.2 Å². The minimum atomic E-state index is -3.81. The molecule has 9 nitrogen and oxygen atoms in total. The molecule has 0 bridgehead atoms. The Hall–Kier alpha value is -2.22. The van der Waals surface area contributed by atoms with Crippen LogP contribution in [0.3, 0.4) is 0 Å². The fourth-order valence-corrected chi connectivity index (χ4v) is 6.95. The average molecular weight is 511 g/mol. The molecule has 1 aliphatic carbocycles. The lowest BCUT2D eigenvalue weighted by Gasteiger charge is -2.35. The number of imidazole rings is 1. The lowest BCUT2D eigenvalue weighted by atomic mass is 9.88.